The predicted molar refractivity (Wildman–Crippen MR) is 82.7 cm³/mol. The summed E-state index contributed by atoms with van der Waals surface area (Å²) < 4.78 is 39.7. The summed E-state index contributed by atoms with van der Waals surface area (Å²) in [6, 6.07) is 8.70. The van der Waals surface area contributed by atoms with Crippen LogP contribution >= 0.6 is 23.5 Å². The maximum absolute atomic E-state index is 13.1. The topological polar surface area (TPSA) is 0 Å². The SMILES string of the molecule is CCSC(SCC)=C(C#Cc1ccccc1)C(F)(F)F. The van der Waals surface area contributed by atoms with Gasteiger partial charge in [0.1, 0.15) is 5.57 Å². The Labute approximate surface area is 126 Å². The van der Waals surface area contributed by atoms with Crippen LogP contribution in [0.2, 0.25) is 0 Å². The molecular weight excluding hydrogens is 301 g/mol. The van der Waals surface area contributed by atoms with Crippen LogP contribution in [-0.2, 0) is 0 Å². The summed E-state index contributed by atoms with van der Waals surface area (Å²) in [4.78, 5) is 0. The Balaban J connectivity index is 3.19. The Morgan fingerprint density at radius 3 is 2.05 bits per heavy atom. The van der Waals surface area contributed by atoms with Crippen LogP contribution in [0, 0.1) is 11.8 Å². The lowest BCUT2D eigenvalue weighted by atomic mass is 10.2. The zero-order valence-electron chi connectivity index (χ0n) is 11.3. The minimum atomic E-state index is -4.42. The highest BCUT2D eigenvalue weighted by molar-refractivity contribution is 8.22. The van der Waals surface area contributed by atoms with Gasteiger partial charge in [-0.15, -0.1) is 23.5 Å². The van der Waals surface area contributed by atoms with Gasteiger partial charge in [0.25, 0.3) is 0 Å². The van der Waals surface area contributed by atoms with E-state index < -0.39 is 11.7 Å². The molecule has 0 aliphatic rings. The summed E-state index contributed by atoms with van der Waals surface area (Å²) in [6.07, 6.45) is -4.42. The molecule has 0 aliphatic heterocycles. The molecule has 0 aromatic heterocycles. The molecule has 0 nitrogen and oxygen atoms in total. The Bertz CT molecular complexity index is 499. The van der Waals surface area contributed by atoms with Gasteiger partial charge in [-0.25, -0.2) is 0 Å². The molecule has 1 rings (SSSR count). The minimum Gasteiger partial charge on any atom is -0.165 e. The van der Waals surface area contributed by atoms with Gasteiger partial charge in [0.05, 0.1) is 4.24 Å². The lowest BCUT2D eigenvalue weighted by Crippen LogP contribution is -2.12. The van der Waals surface area contributed by atoms with E-state index in [0.29, 0.717) is 17.1 Å². The number of thioether (sulfide) groups is 2. The summed E-state index contributed by atoms with van der Waals surface area (Å²) in [5.41, 5.74) is -0.156. The van der Waals surface area contributed by atoms with Crippen molar-refractivity contribution in [2.45, 2.75) is 20.0 Å². The van der Waals surface area contributed by atoms with Crippen molar-refractivity contribution in [1.29, 1.82) is 0 Å². The van der Waals surface area contributed by atoms with Crippen LogP contribution in [0.15, 0.2) is 40.1 Å². The average molecular weight is 316 g/mol. The third-order valence-corrected chi connectivity index (χ3v) is 4.36. The van der Waals surface area contributed by atoms with Crippen molar-refractivity contribution in [1.82, 2.24) is 0 Å². The second-order valence-electron chi connectivity index (χ2n) is 3.64. The van der Waals surface area contributed by atoms with Gasteiger partial charge in [-0.05, 0) is 23.6 Å². The minimum absolute atomic E-state index is 0.255. The number of rotatable bonds is 4. The van der Waals surface area contributed by atoms with Gasteiger partial charge >= 0.3 is 6.18 Å². The van der Waals surface area contributed by atoms with Gasteiger partial charge in [0.2, 0.25) is 0 Å². The lowest BCUT2D eigenvalue weighted by molar-refractivity contribution is -0.0871. The van der Waals surface area contributed by atoms with E-state index in [9.17, 15) is 13.2 Å². The van der Waals surface area contributed by atoms with Gasteiger partial charge in [-0.3, -0.25) is 0 Å². The predicted octanol–water partition coefficient (Wildman–Crippen LogP) is 5.32. The van der Waals surface area contributed by atoms with Gasteiger partial charge < -0.3 is 0 Å². The number of benzene rings is 1. The van der Waals surface area contributed by atoms with Crippen LogP contribution in [0.5, 0.6) is 0 Å². The summed E-state index contributed by atoms with van der Waals surface area (Å²) in [5, 5.41) is 0. The summed E-state index contributed by atoms with van der Waals surface area (Å²) in [7, 11) is 0. The third kappa shape index (κ3) is 5.56. The van der Waals surface area contributed by atoms with E-state index in [1.54, 1.807) is 30.3 Å². The molecule has 0 amide bonds. The third-order valence-electron chi connectivity index (χ3n) is 2.14. The highest BCUT2D eigenvalue weighted by Gasteiger charge is 2.35. The highest BCUT2D eigenvalue weighted by atomic mass is 32.2. The van der Waals surface area contributed by atoms with Gasteiger partial charge in [0.15, 0.2) is 0 Å². The first kappa shape index (κ1) is 17.1. The largest absolute Gasteiger partial charge is 0.425 e. The second-order valence-corrected chi connectivity index (χ2v) is 6.45. The quantitative estimate of drug-likeness (QED) is 0.690. The molecule has 1 aromatic rings. The molecule has 0 spiro atoms. The maximum atomic E-state index is 13.1. The highest BCUT2D eigenvalue weighted by Crippen LogP contribution is 2.38. The molecule has 0 fully saturated rings. The lowest BCUT2D eigenvalue weighted by Gasteiger charge is -2.11. The van der Waals surface area contributed by atoms with Crippen LogP contribution in [-0.4, -0.2) is 17.7 Å². The number of allylic oxidation sites excluding steroid dienone is 1. The van der Waals surface area contributed by atoms with Gasteiger partial charge in [0, 0.05) is 5.56 Å². The van der Waals surface area contributed by atoms with Crippen molar-refractivity contribution >= 4 is 23.5 Å². The zero-order chi connectivity index (χ0) is 15.0. The molecule has 108 valence electrons. The first-order valence-corrected chi connectivity index (χ1v) is 8.10. The normalized spacial score (nSPS) is 10.7. The van der Waals surface area contributed by atoms with Crippen LogP contribution < -0.4 is 0 Å². The molecule has 0 atom stereocenters. The van der Waals surface area contributed by atoms with Crippen molar-refractivity contribution in [2.24, 2.45) is 0 Å². The van der Waals surface area contributed by atoms with Crippen LogP contribution in [0.25, 0.3) is 0 Å². The fraction of sp³-hybridized carbons (Fsp3) is 0.333. The molecule has 0 N–H and O–H groups in total. The van der Waals surface area contributed by atoms with Crippen LogP contribution in [0.1, 0.15) is 19.4 Å². The van der Waals surface area contributed by atoms with Crippen molar-refractivity contribution in [3.8, 4) is 11.8 Å². The number of halogens is 3. The van der Waals surface area contributed by atoms with Crippen LogP contribution in [0.4, 0.5) is 13.2 Å². The number of hydrogen-bond acceptors (Lipinski definition) is 2. The Morgan fingerprint density at radius 1 is 1.05 bits per heavy atom. The van der Waals surface area contributed by atoms with Crippen LogP contribution in [0.3, 0.4) is 0 Å². The Hall–Kier alpha value is -0.990. The van der Waals surface area contributed by atoms with E-state index in [1.807, 2.05) is 13.8 Å². The molecule has 0 unspecified atom stereocenters. The molecule has 0 saturated heterocycles. The second kappa shape index (κ2) is 8.33. The first-order chi connectivity index (χ1) is 9.49. The van der Waals surface area contributed by atoms with Crippen molar-refractivity contribution in [3.63, 3.8) is 0 Å². The van der Waals surface area contributed by atoms with E-state index in [1.165, 1.54) is 23.5 Å². The number of hydrogen-bond donors (Lipinski definition) is 0. The summed E-state index contributed by atoms with van der Waals surface area (Å²) in [5.74, 6) is 6.09. The first-order valence-electron chi connectivity index (χ1n) is 6.13. The van der Waals surface area contributed by atoms with E-state index in [-0.39, 0.29) is 4.24 Å². The zero-order valence-corrected chi connectivity index (χ0v) is 12.9. The van der Waals surface area contributed by atoms with E-state index in [0.717, 1.165) is 0 Å². The van der Waals surface area contributed by atoms with Gasteiger partial charge in [-0.2, -0.15) is 13.2 Å². The molecule has 5 heteroatoms. The molecule has 0 bridgehead atoms. The van der Waals surface area contributed by atoms with E-state index in [2.05, 4.69) is 11.8 Å². The maximum Gasteiger partial charge on any atom is 0.425 e. The van der Waals surface area contributed by atoms with Crippen molar-refractivity contribution < 1.29 is 13.2 Å². The Kier molecular flexibility index (Phi) is 7.11. The molecule has 0 aliphatic carbocycles. The molecule has 0 saturated carbocycles. The molecular formula is C15H15F3S2. The fourth-order valence-corrected chi connectivity index (χ4v) is 3.53. The van der Waals surface area contributed by atoms with E-state index >= 15 is 0 Å². The standard InChI is InChI=1S/C15H15F3S2/c1-3-19-14(20-4-2)13(15(16,17)18)11-10-12-8-6-5-7-9-12/h5-9H,3-4H2,1-2H3. The van der Waals surface area contributed by atoms with Crippen molar-refractivity contribution in [2.75, 3.05) is 11.5 Å². The Morgan fingerprint density at radius 2 is 1.60 bits per heavy atom. The number of alkyl halides is 3. The monoisotopic (exact) mass is 316 g/mol. The summed E-state index contributed by atoms with van der Waals surface area (Å²) >= 11 is 2.38. The smallest absolute Gasteiger partial charge is 0.165 e. The molecule has 20 heavy (non-hydrogen) atoms. The molecule has 1 aromatic carbocycles. The average Bonchev–Trinajstić information content (AvgIpc) is 2.39. The molecule has 0 radical (unpaired) electrons. The van der Waals surface area contributed by atoms with E-state index in [4.69, 9.17) is 0 Å². The summed E-state index contributed by atoms with van der Waals surface area (Å²) in [6.45, 7) is 3.67. The molecule has 0 heterocycles. The van der Waals surface area contributed by atoms with Gasteiger partial charge in [-0.1, -0.05) is 43.9 Å². The fourth-order valence-electron chi connectivity index (χ4n) is 1.34. The van der Waals surface area contributed by atoms with Crippen molar-refractivity contribution in [3.05, 3.63) is 45.7 Å².